The maximum atomic E-state index is 12.5. The van der Waals surface area contributed by atoms with E-state index in [0.717, 1.165) is 24.3 Å². The first-order chi connectivity index (χ1) is 13.7. The second kappa shape index (κ2) is 9.72. The molecule has 2 aromatic carbocycles. The summed E-state index contributed by atoms with van der Waals surface area (Å²) >= 11 is 0. The topological polar surface area (TPSA) is 84.5 Å². The Morgan fingerprint density at radius 3 is 2.03 bits per heavy atom. The van der Waals surface area contributed by atoms with Crippen LogP contribution in [0.1, 0.15) is 39.6 Å². The lowest BCUT2D eigenvalue weighted by Crippen LogP contribution is -2.30. The van der Waals surface area contributed by atoms with E-state index in [1.54, 1.807) is 18.2 Å². The Morgan fingerprint density at radius 2 is 1.48 bits per heavy atom. The number of benzene rings is 2. The number of esters is 1. The SMILES string of the molecule is CC(=O)Oc1cccc(C(=O)NCCCNC(=O)c2ccc(C(F)(F)F)cc2)c1. The third-order valence-electron chi connectivity index (χ3n) is 3.76. The van der Waals surface area contributed by atoms with E-state index in [1.807, 2.05) is 0 Å². The summed E-state index contributed by atoms with van der Waals surface area (Å²) < 4.78 is 42.5. The average molecular weight is 408 g/mol. The quantitative estimate of drug-likeness (QED) is 0.419. The number of halogens is 3. The Bertz CT molecular complexity index is 880. The highest BCUT2D eigenvalue weighted by atomic mass is 19.4. The van der Waals surface area contributed by atoms with Crippen molar-refractivity contribution in [2.75, 3.05) is 13.1 Å². The van der Waals surface area contributed by atoms with Crippen molar-refractivity contribution in [2.24, 2.45) is 0 Å². The van der Waals surface area contributed by atoms with Gasteiger partial charge in [0.15, 0.2) is 0 Å². The molecule has 0 atom stereocenters. The fraction of sp³-hybridized carbons (Fsp3) is 0.250. The largest absolute Gasteiger partial charge is 0.427 e. The molecule has 0 saturated heterocycles. The summed E-state index contributed by atoms with van der Waals surface area (Å²) in [5.41, 5.74) is -0.392. The highest BCUT2D eigenvalue weighted by Crippen LogP contribution is 2.29. The van der Waals surface area contributed by atoms with E-state index < -0.39 is 23.6 Å². The van der Waals surface area contributed by atoms with Crippen LogP contribution in [0.25, 0.3) is 0 Å². The average Bonchev–Trinajstić information content (AvgIpc) is 2.66. The molecule has 29 heavy (non-hydrogen) atoms. The zero-order valence-electron chi connectivity index (χ0n) is 15.5. The first kappa shape index (κ1) is 21.9. The van der Waals surface area contributed by atoms with Gasteiger partial charge in [-0.2, -0.15) is 13.2 Å². The molecule has 0 aliphatic heterocycles. The molecule has 2 rings (SSSR count). The maximum Gasteiger partial charge on any atom is 0.416 e. The second-order valence-corrected chi connectivity index (χ2v) is 6.06. The minimum atomic E-state index is -4.45. The number of carbonyl (C=O) groups is 3. The predicted molar refractivity (Wildman–Crippen MR) is 98.5 cm³/mol. The molecule has 0 radical (unpaired) electrons. The van der Waals surface area contributed by atoms with Gasteiger partial charge >= 0.3 is 12.1 Å². The van der Waals surface area contributed by atoms with E-state index in [1.165, 1.54) is 13.0 Å². The number of hydrogen-bond acceptors (Lipinski definition) is 4. The van der Waals surface area contributed by atoms with Crippen LogP contribution >= 0.6 is 0 Å². The van der Waals surface area contributed by atoms with Crippen LogP contribution in [-0.2, 0) is 11.0 Å². The highest BCUT2D eigenvalue weighted by molar-refractivity contribution is 5.95. The molecule has 0 saturated carbocycles. The summed E-state index contributed by atoms with van der Waals surface area (Å²) in [6.45, 7) is 1.75. The lowest BCUT2D eigenvalue weighted by atomic mass is 10.1. The summed E-state index contributed by atoms with van der Waals surface area (Å²) in [6.07, 6.45) is -4.04. The molecular weight excluding hydrogens is 389 g/mol. The zero-order chi connectivity index (χ0) is 21.4. The fourth-order valence-corrected chi connectivity index (χ4v) is 2.37. The van der Waals surface area contributed by atoms with Gasteiger partial charge in [-0.05, 0) is 48.9 Å². The number of rotatable bonds is 7. The summed E-state index contributed by atoms with van der Waals surface area (Å²) in [6, 6.07) is 10.0. The lowest BCUT2D eigenvalue weighted by Gasteiger charge is -2.09. The van der Waals surface area contributed by atoms with Gasteiger partial charge in [0.25, 0.3) is 11.8 Å². The van der Waals surface area contributed by atoms with Crippen molar-refractivity contribution in [3.8, 4) is 5.75 Å². The van der Waals surface area contributed by atoms with Gasteiger partial charge in [0.05, 0.1) is 5.56 Å². The third kappa shape index (κ3) is 6.95. The van der Waals surface area contributed by atoms with Crippen molar-refractivity contribution in [1.82, 2.24) is 10.6 Å². The van der Waals surface area contributed by atoms with Crippen LogP contribution < -0.4 is 15.4 Å². The van der Waals surface area contributed by atoms with E-state index >= 15 is 0 Å². The van der Waals surface area contributed by atoms with E-state index in [0.29, 0.717) is 12.0 Å². The molecule has 0 aliphatic carbocycles. The smallest absolute Gasteiger partial charge is 0.416 e. The molecule has 2 amide bonds. The number of ether oxygens (including phenoxy) is 1. The van der Waals surface area contributed by atoms with Gasteiger partial charge in [0, 0.05) is 31.1 Å². The minimum absolute atomic E-state index is 0.115. The Labute approximate surface area is 165 Å². The molecule has 6 nitrogen and oxygen atoms in total. The van der Waals surface area contributed by atoms with Crippen molar-refractivity contribution < 1.29 is 32.3 Å². The third-order valence-corrected chi connectivity index (χ3v) is 3.76. The van der Waals surface area contributed by atoms with E-state index in [9.17, 15) is 27.6 Å². The highest BCUT2D eigenvalue weighted by Gasteiger charge is 2.30. The lowest BCUT2D eigenvalue weighted by molar-refractivity contribution is -0.137. The number of hydrogen-bond donors (Lipinski definition) is 2. The summed E-state index contributed by atoms with van der Waals surface area (Å²) in [7, 11) is 0. The van der Waals surface area contributed by atoms with Gasteiger partial charge in [-0.15, -0.1) is 0 Å². The Kier molecular flexibility index (Phi) is 7.35. The van der Waals surface area contributed by atoms with Crippen LogP contribution in [0, 0.1) is 0 Å². The number of nitrogens with one attached hydrogen (secondary N) is 2. The molecule has 0 fully saturated rings. The predicted octanol–water partition coefficient (Wildman–Crippen LogP) is 3.18. The van der Waals surface area contributed by atoms with Crippen molar-refractivity contribution in [3.05, 3.63) is 65.2 Å². The summed E-state index contributed by atoms with van der Waals surface area (Å²) in [5.74, 6) is -1.10. The van der Waals surface area contributed by atoms with Crippen LogP contribution in [0.15, 0.2) is 48.5 Å². The zero-order valence-corrected chi connectivity index (χ0v) is 15.5. The number of carbonyl (C=O) groups excluding carboxylic acids is 3. The fourth-order valence-electron chi connectivity index (χ4n) is 2.37. The van der Waals surface area contributed by atoms with Gasteiger partial charge in [0.1, 0.15) is 5.75 Å². The second-order valence-electron chi connectivity index (χ2n) is 6.06. The van der Waals surface area contributed by atoms with Gasteiger partial charge in [-0.1, -0.05) is 6.07 Å². The monoisotopic (exact) mass is 408 g/mol. The van der Waals surface area contributed by atoms with Gasteiger partial charge in [-0.25, -0.2) is 0 Å². The van der Waals surface area contributed by atoms with E-state index in [2.05, 4.69) is 10.6 Å². The van der Waals surface area contributed by atoms with Crippen LogP contribution in [0.2, 0.25) is 0 Å². The van der Waals surface area contributed by atoms with Crippen LogP contribution in [0.5, 0.6) is 5.75 Å². The van der Waals surface area contributed by atoms with Gasteiger partial charge in [0.2, 0.25) is 0 Å². The molecule has 0 spiro atoms. The molecule has 0 aliphatic rings. The van der Waals surface area contributed by atoms with Gasteiger partial charge < -0.3 is 15.4 Å². The Morgan fingerprint density at radius 1 is 0.897 bits per heavy atom. The number of amides is 2. The van der Waals surface area contributed by atoms with Crippen LogP contribution in [-0.4, -0.2) is 30.9 Å². The summed E-state index contributed by atoms with van der Waals surface area (Å²) in [4.78, 5) is 35.0. The molecule has 0 bridgehead atoms. The Balaban J connectivity index is 1.74. The minimum Gasteiger partial charge on any atom is -0.427 e. The Hall–Kier alpha value is -3.36. The first-order valence-electron chi connectivity index (χ1n) is 8.69. The van der Waals surface area contributed by atoms with Gasteiger partial charge in [-0.3, -0.25) is 14.4 Å². The molecule has 0 unspecified atom stereocenters. The molecule has 0 heterocycles. The molecule has 154 valence electrons. The van der Waals surface area contributed by atoms with Crippen LogP contribution in [0.3, 0.4) is 0 Å². The van der Waals surface area contributed by atoms with Crippen LogP contribution in [0.4, 0.5) is 13.2 Å². The summed E-state index contributed by atoms with van der Waals surface area (Å²) in [5, 5.41) is 5.23. The van der Waals surface area contributed by atoms with E-state index in [4.69, 9.17) is 4.74 Å². The molecular formula is C20H19F3N2O4. The maximum absolute atomic E-state index is 12.5. The van der Waals surface area contributed by atoms with E-state index in [-0.39, 0.29) is 30.3 Å². The molecule has 2 aromatic rings. The standard InChI is InChI=1S/C20H19F3N2O4/c1-13(26)29-17-5-2-4-15(12-17)19(28)25-11-3-10-24-18(27)14-6-8-16(9-7-14)20(21,22)23/h2,4-9,12H,3,10-11H2,1H3,(H,24,27)(H,25,28). The number of alkyl halides is 3. The molecule has 9 heteroatoms. The van der Waals surface area contributed by atoms with Crippen molar-refractivity contribution in [3.63, 3.8) is 0 Å². The van der Waals surface area contributed by atoms with Crippen molar-refractivity contribution >= 4 is 17.8 Å². The molecule has 0 aromatic heterocycles. The first-order valence-corrected chi connectivity index (χ1v) is 8.69. The van der Waals surface area contributed by atoms with Crippen molar-refractivity contribution in [1.29, 1.82) is 0 Å². The van der Waals surface area contributed by atoms with Crippen molar-refractivity contribution in [2.45, 2.75) is 19.5 Å². The normalized spacial score (nSPS) is 10.9. The molecule has 2 N–H and O–H groups in total.